The Hall–Kier alpha value is -1.89. The van der Waals surface area contributed by atoms with Crippen LogP contribution in [0.2, 0.25) is 5.02 Å². The van der Waals surface area contributed by atoms with E-state index in [0.29, 0.717) is 0 Å². The van der Waals surface area contributed by atoms with E-state index in [0.717, 1.165) is 5.56 Å². The van der Waals surface area contributed by atoms with E-state index < -0.39 is 27.4 Å². The number of rotatable bonds is 5. The van der Waals surface area contributed by atoms with Crippen molar-refractivity contribution in [3.8, 4) is 0 Å². The molecule has 120 valence electrons. The summed E-state index contributed by atoms with van der Waals surface area (Å²) in [6, 6.07) is 14.7. The van der Waals surface area contributed by atoms with Crippen LogP contribution in [0.25, 0.3) is 0 Å². The van der Waals surface area contributed by atoms with Crippen molar-refractivity contribution in [1.82, 2.24) is 4.72 Å². The van der Waals surface area contributed by atoms with Gasteiger partial charge in [0.15, 0.2) is 0 Å². The monoisotopic (exact) mass is 351 g/mol. The number of halogens is 1. The smallest absolute Gasteiger partial charge is 0.325 e. The first-order valence-corrected chi connectivity index (χ1v) is 8.79. The summed E-state index contributed by atoms with van der Waals surface area (Å²) >= 11 is 5.82. The van der Waals surface area contributed by atoms with Gasteiger partial charge in [0.2, 0.25) is 10.0 Å². The normalized spacial score (nSPS) is 23.4. The standard InChI is InChI=1S/C16H14ClNO4S/c17-12-7-4-8-13(9-12)23(21,22)18-16(15(19)20)10-14(16)11-5-2-1-3-6-11/h1-9,14,18H,10H2,(H,19,20). The molecular weight excluding hydrogens is 338 g/mol. The molecule has 2 aromatic rings. The lowest BCUT2D eigenvalue weighted by molar-refractivity contribution is -0.140. The zero-order valence-electron chi connectivity index (χ0n) is 11.9. The first kappa shape index (κ1) is 16.0. The molecule has 0 amide bonds. The lowest BCUT2D eigenvalue weighted by atomic mass is 10.1. The molecule has 1 fully saturated rings. The maximum absolute atomic E-state index is 12.5. The predicted molar refractivity (Wildman–Crippen MR) is 85.9 cm³/mol. The third-order valence-corrected chi connectivity index (χ3v) is 5.71. The molecule has 0 aliphatic heterocycles. The summed E-state index contributed by atoms with van der Waals surface area (Å²) in [5.74, 6) is -1.58. The average Bonchev–Trinajstić information content (AvgIpc) is 3.23. The van der Waals surface area contributed by atoms with Crippen LogP contribution in [0, 0.1) is 0 Å². The molecule has 0 spiro atoms. The molecule has 5 nitrogen and oxygen atoms in total. The summed E-state index contributed by atoms with van der Waals surface area (Å²) in [7, 11) is -3.98. The summed E-state index contributed by atoms with van der Waals surface area (Å²) in [5.41, 5.74) is -0.716. The summed E-state index contributed by atoms with van der Waals surface area (Å²) < 4.78 is 27.3. The lowest BCUT2D eigenvalue weighted by Crippen LogP contribution is -2.44. The zero-order chi connectivity index (χ0) is 16.7. The number of carboxylic acid groups (broad SMARTS) is 1. The van der Waals surface area contributed by atoms with Gasteiger partial charge in [-0.15, -0.1) is 0 Å². The van der Waals surface area contributed by atoms with Gasteiger partial charge >= 0.3 is 5.97 Å². The van der Waals surface area contributed by atoms with Crippen molar-refractivity contribution in [3.63, 3.8) is 0 Å². The topological polar surface area (TPSA) is 83.5 Å². The van der Waals surface area contributed by atoms with Crippen LogP contribution in [-0.2, 0) is 14.8 Å². The van der Waals surface area contributed by atoms with E-state index in [1.807, 2.05) is 6.07 Å². The van der Waals surface area contributed by atoms with E-state index >= 15 is 0 Å². The third kappa shape index (κ3) is 2.97. The van der Waals surface area contributed by atoms with Crippen LogP contribution in [0.4, 0.5) is 0 Å². The second-order valence-corrected chi connectivity index (χ2v) is 7.63. The second kappa shape index (κ2) is 5.63. The minimum atomic E-state index is -3.98. The number of carboxylic acids is 1. The highest BCUT2D eigenvalue weighted by Crippen LogP contribution is 2.52. The van der Waals surface area contributed by atoms with Gasteiger partial charge in [0.05, 0.1) is 4.90 Å². The average molecular weight is 352 g/mol. The Kier molecular flexibility index (Phi) is 3.91. The summed E-state index contributed by atoms with van der Waals surface area (Å²) in [4.78, 5) is 11.6. The molecule has 1 saturated carbocycles. The summed E-state index contributed by atoms with van der Waals surface area (Å²) in [6.45, 7) is 0. The highest BCUT2D eigenvalue weighted by Gasteiger charge is 2.63. The molecule has 0 aromatic heterocycles. The van der Waals surface area contributed by atoms with Gasteiger partial charge in [-0.2, -0.15) is 4.72 Å². The Morgan fingerprint density at radius 1 is 1.17 bits per heavy atom. The molecule has 1 aliphatic rings. The summed E-state index contributed by atoms with van der Waals surface area (Å²) in [6.07, 6.45) is 0.214. The number of aliphatic carboxylic acids is 1. The van der Waals surface area contributed by atoms with Crippen LogP contribution >= 0.6 is 11.6 Å². The molecule has 1 aliphatic carbocycles. The SMILES string of the molecule is O=C(O)C1(NS(=O)(=O)c2cccc(Cl)c2)CC1c1ccccc1. The number of sulfonamides is 1. The Bertz CT molecular complexity index is 853. The number of hydrogen-bond donors (Lipinski definition) is 2. The van der Waals surface area contributed by atoms with E-state index in [-0.39, 0.29) is 16.3 Å². The first-order valence-electron chi connectivity index (χ1n) is 6.93. The quantitative estimate of drug-likeness (QED) is 0.867. The van der Waals surface area contributed by atoms with Crippen LogP contribution < -0.4 is 4.72 Å². The Morgan fingerprint density at radius 2 is 1.87 bits per heavy atom. The van der Waals surface area contributed by atoms with E-state index in [1.165, 1.54) is 18.2 Å². The molecule has 0 saturated heterocycles. The molecule has 3 rings (SSSR count). The van der Waals surface area contributed by atoms with Crippen molar-refractivity contribution in [2.24, 2.45) is 0 Å². The van der Waals surface area contributed by atoms with E-state index in [2.05, 4.69) is 4.72 Å². The van der Waals surface area contributed by atoms with Gasteiger partial charge in [0.25, 0.3) is 0 Å². The molecule has 7 heteroatoms. The Morgan fingerprint density at radius 3 is 2.48 bits per heavy atom. The zero-order valence-corrected chi connectivity index (χ0v) is 13.5. The highest BCUT2D eigenvalue weighted by atomic mass is 35.5. The fraction of sp³-hybridized carbons (Fsp3) is 0.188. The maximum Gasteiger partial charge on any atom is 0.325 e. The second-order valence-electron chi connectivity index (χ2n) is 5.51. The first-order chi connectivity index (χ1) is 10.8. The van der Waals surface area contributed by atoms with Gasteiger partial charge in [-0.25, -0.2) is 8.42 Å². The molecule has 23 heavy (non-hydrogen) atoms. The van der Waals surface area contributed by atoms with Gasteiger partial charge in [-0.1, -0.05) is 48.0 Å². The minimum Gasteiger partial charge on any atom is -0.480 e. The van der Waals surface area contributed by atoms with E-state index in [1.54, 1.807) is 30.3 Å². The van der Waals surface area contributed by atoms with Crippen LogP contribution in [0.15, 0.2) is 59.5 Å². The van der Waals surface area contributed by atoms with Crippen molar-refractivity contribution in [3.05, 3.63) is 65.2 Å². The van der Waals surface area contributed by atoms with Crippen LogP contribution in [0.3, 0.4) is 0 Å². The van der Waals surface area contributed by atoms with Gasteiger partial charge in [0, 0.05) is 10.9 Å². The van der Waals surface area contributed by atoms with Gasteiger partial charge in [-0.05, 0) is 30.2 Å². The van der Waals surface area contributed by atoms with Crippen molar-refractivity contribution >= 4 is 27.6 Å². The molecule has 2 atom stereocenters. The molecule has 0 radical (unpaired) electrons. The molecule has 2 unspecified atom stereocenters. The van der Waals surface area contributed by atoms with Crippen molar-refractivity contribution < 1.29 is 18.3 Å². The molecule has 2 N–H and O–H groups in total. The summed E-state index contributed by atoms with van der Waals surface area (Å²) in [5, 5.41) is 9.82. The highest BCUT2D eigenvalue weighted by molar-refractivity contribution is 7.89. The molecular formula is C16H14ClNO4S. The van der Waals surface area contributed by atoms with Crippen LogP contribution in [-0.4, -0.2) is 25.0 Å². The van der Waals surface area contributed by atoms with Crippen molar-refractivity contribution in [1.29, 1.82) is 0 Å². The van der Waals surface area contributed by atoms with Gasteiger partial charge < -0.3 is 5.11 Å². The maximum atomic E-state index is 12.5. The molecule has 0 heterocycles. The van der Waals surface area contributed by atoms with E-state index in [4.69, 9.17) is 11.6 Å². The number of hydrogen-bond acceptors (Lipinski definition) is 3. The number of benzene rings is 2. The van der Waals surface area contributed by atoms with Crippen molar-refractivity contribution in [2.75, 3.05) is 0 Å². The van der Waals surface area contributed by atoms with E-state index in [9.17, 15) is 18.3 Å². The number of carbonyl (C=O) groups is 1. The van der Waals surface area contributed by atoms with Gasteiger partial charge in [-0.3, -0.25) is 4.79 Å². The Labute approximate surface area is 139 Å². The molecule has 0 bridgehead atoms. The van der Waals surface area contributed by atoms with Crippen molar-refractivity contribution in [2.45, 2.75) is 22.8 Å². The largest absolute Gasteiger partial charge is 0.480 e. The minimum absolute atomic E-state index is 0.0515. The van der Waals surface area contributed by atoms with Crippen LogP contribution in [0.1, 0.15) is 17.9 Å². The fourth-order valence-electron chi connectivity index (χ4n) is 2.68. The number of nitrogens with one attached hydrogen (secondary N) is 1. The van der Waals surface area contributed by atoms with Crippen LogP contribution in [0.5, 0.6) is 0 Å². The fourth-order valence-corrected chi connectivity index (χ4v) is 4.38. The Balaban J connectivity index is 1.92. The van der Waals surface area contributed by atoms with Gasteiger partial charge in [0.1, 0.15) is 5.54 Å². The predicted octanol–water partition coefficient (Wildman–Crippen LogP) is 2.63. The third-order valence-electron chi connectivity index (χ3n) is 3.97. The molecule has 2 aromatic carbocycles. The lowest BCUT2D eigenvalue weighted by Gasteiger charge is -2.15.